The van der Waals surface area contributed by atoms with Gasteiger partial charge in [0.1, 0.15) is 18.6 Å². The Bertz CT molecular complexity index is 952. The largest absolute Gasteiger partial charge is 0.459 e. The third-order valence-electron chi connectivity index (χ3n) is 4.62. The maximum absolute atomic E-state index is 12.3. The molecule has 0 fully saturated rings. The molecule has 0 aliphatic rings. The van der Waals surface area contributed by atoms with Gasteiger partial charge in [0.2, 0.25) is 5.89 Å². The molecule has 3 rings (SSSR count). The second-order valence-corrected chi connectivity index (χ2v) is 7.57. The van der Waals surface area contributed by atoms with E-state index in [4.69, 9.17) is 9.15 Å². The molecule has 0 aliphatic heterocycles. The Morgan fingerprint density at radius 2 is 1.89 bits per heavy atom. The number of nitrogens with zero attached hydrogens (tertiary/aromatic N) is 3. The second kappa shape index (κ2) is 8.42. The molecule has 28 heavy (non-hydrogen) atoms. The predicted octanol–water partition coefficient (Wildman–Crippen LogP) is 4.41. The average molecular weight is 381 g/mol. The molecule has 0 bridgehead atoms. The summed E-state index contributed by atoms with van der Waals surface area (Å²) >= 11 is 0. The summed E-state index contributed by atoms with van der Waals surface area (Å²) in [5.41, 5.74) is 5.49. The molecule has 3 aromatic rings. The van der Waals surface area contributed by atoms with Crippen molar-refractivity contribution in [3.05, 3.63) is 58.7 Å². The smallest absolute Gasteiger partial charge is 0.310 e. The molecule has 0 saturated heterocycles. The Morgan fingerprint density at radius 3 is 2.57 bits per heavy atom. The summed E-state index contributed by atoms with van der Waals surface area (Å²) in [5, 5.41) is 4.55. The van der Waals surface area contributed by atoms with Gasteiger partial charge < -0.3 is 9.15 Å². The average Bonchev–Trinajstić information content (AvgIpc) is 3.21. The van der Waals surface area contributed by atoms with Gasteiger partial charge in [-0.2, -0.15) is 5.10 Å². The van der Waals surface area contributed by atoms with Crippen molar-refractivity contribution < 1.29 is 13.9 Å². The van der Waals surface area contributed by atoms with E-state index in [1.165, 1.54) is 11.8 Å². The van der Waals surface area contributed by atoms with E-state index >= 15 is 0 Å². The molecule has 148 valence electrons. The highest BCUT2D eigenvalue weighted by Gasteiger charge is 2.17. The summed E-state index contributed by atoms with van der Waals surface area (Å²) in [4.78, 5) is 16.7. The highest BCUT2D eigenvalue weighted by molar-refractivity contribution is 5.73. The maximum atomic E-state index is 12.3. The minimum Gasteiger partial charge on any atom is -0.459 e. The molecular formula is C22H27N3O3. The van der Waals surface area contributed by atoms with Crippen molar-refractivity contribution in [2.75, 3.05) is 0 Å². The molecule has 0 aliphatic carbocycles. The van der Waals surface area contributed by atoms with Crippen molar-refractivity contribution in [1.82, 2.24) is 14.8 Å². The Labute approximate surface area is 165 Å². The predicted molar refractivity (Wildman–Crippen MR) is 107 cm³/mol. The van der Waals surface area contributed by atoms with Gasteiger partial charge in [-0.05, 0) is 38.8 Å². The van der Waals surface area contributed by atoms with Crippen molar-refractivity contribution in [2.24, 2.45) is 5.92 Å². The third kappa shape index (κ3) is 4.68. The first-order chi connectivity index (χ1) is 13.3. The van der Waals surface area contributed by atoms with Crippen LogP contribution >= 0.6 is 0 Å². The molecule has 1 aromatic carbocycles. The number of aryl methyl sites for hydroxylation is 2. The summed E-state index contributed by atoms with van der Waals surface area (Å²) in [6.07, 6.45) is 1.73. The van der Waals surface area contributed by atoms with E-state index in [0.717, 1.165) is 29.1 Å². The summed E-state index contributed by atoms with van der Waals surface area (Å²) in [6, 6.07) is 7.92. The summed E-state index contributed by atoms with van der Waals surface area (Å²) in [5.74, 6) is 0.718. The van der Waals surface area contributed by atoms with Gasteiger partial charge in [0.05, 0.1) is 12.1 Å². The first-order valence-electron chi connectivity index (χ1n) is 9.53. The van der Waals surface area contributed by atoms with Gasteiger partial charge in [0.15, 0.2) is 0 Å². The highest BCUT2D eigenvalue weighted by Crippen LogP contribution is 2.20. The van der Waals surface area contributed by atoms with Crippen LogP contribution in [0.1, 0.15) is 42.1 Å². The molecule has 2 heterocycles. The zero-order valence-corrected chi connectivity index (χ0v) is 17.2. The fourth-order valence-corrected chi connectivity index (χ4v) is 3.07. The Hall–Kier alpha value is -2.89. The van der Waals surface area contributed by atoms with Crippen LogP contribution in [0.2, 0.25) is 0 Å². The number of rotatable bonds is 7. The lowest BCUT2D eigenvalue weighted by atomic mass is 10.1. The number of aromatic nitrogens is 3. The van der Waals surface area contributed by atoms with Gasteiger partial charge in [-0.3, -0.25) is 9.48 Å². The monoisotopic (exact) mass is 381 g/mol. The number of hydrogen-bond acceptors (Lipinski definition) is 5. The SMILES string of the molecule is Cc1ccc(-c2nc(COC(=O)Cc3c(C)nn(CC(C)C)c3C)co2)cc1. The molecule has 6 heteroatoms. The Kier molecular flexibility index (Phi) is 5.97. The molecule has 0 unspecified atom stereocenters. The molecule has 0 radical (unpaired) electrons. The number of hydrogen-bond donors (Lipinski definition) is 0. The molecule has 2 aromatic heterocycles. The van der Waals surface area contributed by atoms with Gasteiger partial charge >= 0.3 is 5.97 Å². The molecule has 0 spiro atoms. The second-order valence-electron chi connectivity index (χ2n) is 7.57. The lowest BCUT2D eigenvalue weighted by molar-refractivity contribution is -0.144. The molecule has 0 amide bonds. The van der Waals surface area contributed by atoms with Crippen molar-refractivity contribution in [2.45, 2.75) is 54.2 Å². The van der Waals surface area contributed by atoms with Gasteiger partial charge in [0.25, 0.3) is 0 Å². The molecule has 0 saturated carbocycles. The van der Waals surface area contributed by atoms with Crippen molar-refractivity contribution >= 4 is 5.97 Å². The van der Waals surface area contributed by atoms with Crippen LogP contribution in [0.4, 0.5) is 0 Å². The number of esters is 1. The van der Waals surface area contributed by atoms with Crippen LogP contribution in [0.15, 0.2) is 34.9 Å². The van der Waals surface area contributed by atoms with E-state index in [2.05, 4.69) is 23.9 Å². The quantitative estimate of drug-likeness (QED) is 0.567. The first-order valence-corrected chi connectivity index (χ1v) is 9.53. The van der Waals surface area contributed by atoms with Crippen molar-refractivity contribution in [1.29, 1.82) is 0 Å². The van der Waals surface area contributed by atoms with E-state index in [1.807, 2.05) is 49.7 Å². The maximum Gasteiger partial charge on any atom is 0.310 e. The number of benzene rings is 1. The Balaban J connectivity index is 1.59. The van der Waals surface area contributed by atoms with Crippen LogP contribution in [-0.2, 0) is 29.1 Å². The minimum absolute atomic E-state index is 0.0897. The normalized spacial score (nSPS) is 11.2. The molecular weight excluding hydrogens is 354 g/mol. The topological polar surface area (TPSA) is 70.2 Å². The van der Waals surface area contributed by atoms with Gasteiger partial charge in [-0.15, -0.1) is 0 Å². The van der Waals surface area contributed by atoms with Gasteiger partial charge in [-0.25, -0.2) is 4.98 Å². The van der Waals surface area contributed by atoms with Crippen LogP contribution in [-0.4, -0.2) is 20.7 Å². The lowest BCUT2D eigenvalue weighted by Crippen LogP contribution is -2.11. The van der Waals surface area contributed by atoms with Crippen LogP contribution < -0.4 is 0 Å². The fourth-order valence-electron chi connectivity index (χ4n) is 3.07. The van der Waals surface area contributed by atoms with E-state index in [9.17, 15) is 4.79 Å². The standard InChI is InChI=1S/C22H27N3O3/c1-14(2)11-25-17(5)20(16(4)24-25)10-21(26)27-12-19-13-28-22(23-19)18-8-6-15(3)7-9-18/h6-9,13-14H,10-12H2,1-5H3. The van der Waals surface area contributed by atoms with Crippen LogP contribution in [0.25, 0.3) is 11.5 Å². The van der Waals surface area contributed by atoms with E-state index < -0.39 is 0 Å². The summed E-state index contributed by atoms with van der Waals surface area (Å²) < 4.78 is 12.9. The number of ether oxygens (including phenoxy) is 1. The van der Waals surface area contributed by atoms with Gasteiger partial charge in [-0.1, -0.05) is 31.5 Å². The molecule has 6 nitrogen and oxygen atoms in total. The van der Waals surface area contributed by atoms with E-state index in [-0.39, 0.29) is 19.0 Å². The zero-order valence-electron chi connectivity index (χ0n) is 17.2. The van der Waals surface area contributed by atoms with Crippen LogP contribution in [0.3, 0.4) is 0 Å². The van der Waals surface area contributed by atoms with E-state index in [0.29, 0.717) is 17.5 Å². The highest BCUT2D eigenvalue weighted by atomic mass is 16.5. The van der Waals surface area contributed by atoms with Crippen LogP contribution in [0.5, 0.6) is 0 Å². The minimum atomic E-state index is -0.296. The summed E-state index contributed by atoms with van der Waals surface area (Å²) in [7, 11) is 0. The zero-order chi connectivity index (χ0) is 20.3. The molecule has 0 N–H and O–H groups in total. The fraction of sp³-hybridized carbons (Fsp3) is 0.409. The third-order valence-corrected chi connectivity index (χ3v) is 4.62. The number of carbonyl (C=O) groups excluding carboxylic acids is 1. The lowest BCUT2D eigenvalue weighted by Gasteiger charge is -2.08. The Morgan fingerprint density at radius 1 is 1.18 bits per heavy atom. The van der Waals surface area contributed by atoms with Crippen LogP contribution in [0, 0.1) is 26.7 Å². The number of carbonyl (C=O) groups is 1. The molecule has 0 atom stereocenters. The first kappa shape index (κ1) is 19.9. The van der Waals surface area contributed by atoms with Crippen molar-refractivity contribution in [3.8, 4) is 11.5 Å². The number of oxazole rings is 1. The van der Waals surface area contributed by atoms with E-state index in [1.54, 1.807) is 0 Å². The van der Waals surface area contributed by atoms with Gasteiger partial charge in [0, 0.05) is 23.4 Å². The summed E-state index contributed by atoms with van der Waals surface area (Å²) in [6.45, 7) is 11.2. The van der Waals surface area contributed by atoms with Crippen molar-refractivity contribution in [3.63, 3.8) is 0 Å².